The standard InChI is InChI=1S/C16H24N2O2/c1-10(2)8-15(16(20)17-3)18-14-7-4-11-9-12(19)5-6-13(11)14/h5-6,9-10,14-15,18-19H,4,7-8H2,1-3H3,(H,17,20). The molecule has 1 amide bonds. The number of hydrogen-bond acceptors (Lipinski definition) is 3. The molecule has 0 aliphatic heterocycles. The van der Waals surface area contributed by atoms with Gasteiger partial charge in [0.15, 0.2) is 0 Å². The van der Waals surface area contributed by atoms with E-state index in [9.17, 15) is 9.90 Å². The number of carbonyl (C=O) groups is 1. The number of nitrogens with one attached hydrogen (secondary N) is 2. The van der Waals surface area contributed by atoms with Crippen LogP contribution in [0.15, 0.2) is 18.2 Å². The van der Waals surface area contributed by atoms with Crippen LogP contribution >= 0.6 is 0 Å². The highest BCUT2D eigenvalue weighted by Crippen LogP contribution is 2.33. The summed E-state index contributed by atoms with van der Waals surface area (Å²) in [4.78, 5) is 12.0. The van der Waals surface area contributed by atoms with E-state index >= 15 is 0 Å². The third-order valence-electron chi connectivity index (χ3n) is 3.88. The van der Waals surface area contributed by atoms with Crippen molar-refractivity contribution in [3.63, 3.8) is 0 Å². The summed E-state index contributed by atoms with van der Waals surface area (Å²) < 4.78 is 0. The second-order valence-electron chi connectivity index (χ2n) is 5.94. The summed E-state index contributed by atoms with van der Waals surface area (Å²) in [7, 11) is 1.68. The molecule has 0 radical (unpaired) electrons. The van der Waals surface area contributed by atoms with Crippen LogP contribution in [0.5, 0.6) is 5.75 Å². The fourth-order valence-electron chi connectivity index (χ4n) is 2.92. The van der Waals surface area contributed by atoms with Crippen LogP contribution in [0.25, 0.3) is 0 Å². The maximum absolute atomic E-state index is 12.0. The van der Waals surface area contributed by atoms with E-state index < -0.39 is 0 Å². The molecular weight excluding hydrogens is 252 g/mol. The van der Waals surface area contributed by atoms with Crippen LogP contribution in [-0.2, 0) is 11.2 Å². The van der Waals surface area contributed by atoms with E-state index in [1.807, 2.05) is 12.1 Å². The molecule has 20 heavy (non-hydrogen) atoms. The van der Waals surface area contributed by atoms with E-state index in [1.54, 1.807) is 13.1 Å². The van der Waals surface area contributed by atoms with Gasteiger partial charge in [0.2, 0.25) is 5.91 Å². The fraction of sp³-hybridized carbons (Fsp3) is 0.562. The molecule has 0 fully saturated rings. The highest BCUT2D eigenvalue weighted by Gasteiger charge is 2.27. The number of carbonyl (C=O) groups excluding carboxylic acids is 1. The summed E-state index contributed by atoms with van der Waals surface area (Å²) in [5.74, 6) is 0.825. The quantitative estimate of drug-likeness (QED) is 0.772. The van der Waals surface area contributed by atoms with Crippen LogP contribution in [0.4, 0.5) is 0 Å². The zero-order valence-electron chi connectivity index (χ0n) is 12.4. The topological polar surface area (TPSA) is 61.4 Å². The first-order valence-electron chi connectivity index (χ1n) is 7.30. The van der Waals surface area contributed by atoms with Crippen molar-refractivity contribution in [3.05, 3.63) is 29.3 Å². The monoisotopic (exact) mass is 276 g/mol. The molecule has 2 rings (SSSR count). The number of aryl methyl sites for hydroxylation is 1. The van der Waals surface area contributed by atoms with Gasteiger partial charge in [-0.25, -0.2) is 0 Å². The van der Waals surface area contributed by atoms with E-state index in [0.29, 0.717) is 11.7 Å². The minimum Gasteiger partial charge on any atom is -0.508 e. The molecule has 0 aromatic heterocycles. The summed E-state index contributed by atoms with van der Waals surface area (Å²) >= 11 is 0. The molecule has 0 bridgehead atoms. The summed E-state index contributed by atoms with van der Waals surface area (Å²) in [5.41, 5.74) is 2.39. The number of hydrogen-bond donors (Lipinski definition) is 3. The number of fused-ring (bicyclic) bond motifs is 1. The van der Waals surface area contributed by atoms with E-state index in [0.717, 1.165) is 19.3 Å². The average molecular weight is 276 g/mol. The second kappa shape index (κ2) is 6.27. The van der Waals surface area contributed by atoms with Crippen LogP contribution < -0.4 is 10.6 Å². The molecule has 4 nitrogen and oxygen atoms in total. The van der Waals surface area contributed by atoms with Crippen LogP contribution in [0.3, 0.4) is 0 Å². The minimum atomic E-state index is -0.162. The van der Waals surface area contributed by atoms with Crippen molar-refractivity contribution < 1.29 is 9.90 Å². The Balaban J connectivity index is 2.11. The Morgan fingerprint density at radius 3 is 2.85 bits per heavy atom. The summed E-state index contributed by atoms with van der Waals surface area (Å²) in [6.07, 6.45) is 2.75. The van der Waals surface area contributed by atoms with Gasteiger partial charge in [-0.2, -0.15) is 0 Å². The molecule has 0 saturated heterocycles. The van der Waals surface area contributed by atoms with Gasteiger partial charge in [-0.05, 0) is 48.4 Å². The van der Waals surface area contributed by atoms with E-state index in [4.69, 9.17) is 0 Å². The molecule has 2 unspecified atom stereocenters. The molecule has 0 saturated carbocycles. The number of benzene rings is 1. The highest BCUT2D eigenvalue weighted by atomic mass is 16.3. The third kappa shape index (κ3) is 3.31. The average Bonchev–Trinajstić information content (AvgIpc) is 2.78. The first-order chi connectivity index (χ1) is 9.51. The maximum atomic E-state index is 12.0. The molecule has 2 atom stereocenters. The van der Waals surface area contributed by atoms with Gasteiger partial charge < -0.3 is 10.4 Å². The summed E-state index contributed by atoms with van der Waals surface area (Å²) in [5, 5.41) is 15.7. The number of aromatic hydroxyl groups is 1. The number of likely N-dealkylation sites (N-methyl/N-ethyl adjacent to an activating group) is 1. The van der Waals surface area contributed by atoms with Crippen molar-refractivity contribution in [3.8, 4) is 5.75 Å². The Labute approximate surface area is 120 Å². The van der Waals surface area contributed by atoms with Crippen molar-refractivity contribution in [2.45, 2.75) is 45.2 Å². The molecule has 4 heteroatoms. The first kappa shape index (κ1) is 14.9. The Morgan fingerprint density at radius 1 is 1.45 bits per heavy atom. The van der Waals surface area contributed by atoms with Crippen molar-refractivity contribution in [1.29, 1.82) is 0 Å². The normalized spacial score (nSPS) is 18.9. The van der Waals surface area contributed by atoms with Gasteiger partial charge in [0.25, 0.3) is 0 Å². The predicted octanol–water partition coefficient (Wildman–Crippen LogP) is 2.13. The molecule has 110 valence electrons. The first-order valence-corrected chi connectivity index (χ1v) is 7.30. The van der Waals surface area contributed by atoms with Gasteiger partial charge in [0.1, 0.15) is 5.75 Å². The van der Waals surface area contributed by atoms with Crippen LogP contribution in [-0.4, -0.2) is 24.1 Å². The van der Waals surface area contributed by atoms with Gasteiger partial charge >= 0.3 is 0 Å². The minimum absolute atomic E-state index is 0.0472. The number of phenolic OH excluding ortho intramolecular Hbond substituents is 1. The smallest absolute Gasteiger partial charge is 0.236 e. The van der Waals surface area contributed by atoms with E-state index in [-0.39, 0.29) is 18.0 Å². The molecule has 1 aliphatic rings. The zero-order valence-corrected chi connectivity index (χ0v) is 12.4. The lowest BCUT2D eigenvalue weighted by atomic mass is 10.0. The molecule has 3 N–H and O–H groups in total. The SMILES string of the molecule is CNC(=O)C(CC(C)C)NC1CCc2cc(O)ccc21. The zero-order chi connectivity index (χ0) is 14.7. The van der Waals surface area contributed by atoms with Gasteiger partial charge in [0, 0.05) is 13.1 Å². The molecule has 0 spiro atoms. The van der Waals surface area contributed by atoms with Crippen molar-refractivity contribution in [2.24, 2.45) is 5.92 Å². The number of phenols is 1. The molecule has 0 heterocycles. The summed E-state index contributed by atoms with van der Waals surface area (Å²) in [6, 6.07) is 5.55. The van der Waals surface area contributed by atoms with E-state index in [2.05, 4.69) is 24.5 Å². The van der Waals surface area contributed by atoms with Gasteiger partial charge in [-0.1, -0.05) is 19.9 Å². The Kier molecular flexibility index (Phi) is 4.65. The van der Waals surface area contributed by atoms with Crippen LogP contribution in [0.2, 0.25) is 0 Å². The fourth-order valence-corrected chi connectivity index (χ4v) is 2.92. The maximum Gasteiger partial charge on any atom is 0.236 e. The Morgan fingerprint density at radius 2 is 2.20 bits per heavy atom. The lowest BCUT2D eigenvalue weighted by Crippen LogP contribution is -2.44. The Hall–Kier alpha value is -1.55. The van der Waals surface area contributed by atoms with Gasteiger partial charge in [-0.3, -0.25) is 10.1 Å². The molecule has 1 aromatic rings. The van der Waals surface area contributed by atoms with E-state index in [1.165, 1.54) is 11.1 Å². The van der Waals surface area contributed by atoms with Crippen LogP contribution in [0, 0.1) is 5.92 Å². The van der Waals surface area contributed by atoms with Gasteiger partial charge in [0.05, 0.1) is 6.04 Å². The van der Waals surface area contributed by atoms with Crippen LogP contribution in [0.1, 0.15) is 43.9 Å². The third-order valence-corrected chi connectivity index (χ3v) is 3.88. The molecule has 1 aliphatic carbocycles. The highest BCUT2D eigenvalue weighted by molar-refractivity contribution is 5.81. The molecule has 1 aromatic carbocycles. The van der Waals surface area contributed by atoms with Crippen molar-refractivity contribution in [2.75, 3.05) is 7.05 Å². The van der Waals surface area contributed by atoms with Gasteiger partial charge in [-0.15, -0.1) is 0 Å². The number of amides is 1. The number of rotatable bonds is 5. The Bertz CT molecular complexity index is 485. The molecular formula is C16H24N2O2. The lowest BCUT2D eigenvalue weighted by molar-refractivity contribution is -0.123. The van der Waals surface area contributed by atoms with Crippen molar-refractivity contribution in [1.82, 2.24) is 10.6 Å². The second-order valence-corrected chi connectivity index (χ2v) is 5.94. The predicted molar refractivity (Wildman–Crippen MR) is 79.6 cm³/mol. The van der Waals surface area contributed by atoms with Crippen molar-refractivity contribution >= 4 is 5.91 Å². The lowest BCUT2D eigenvalue weighted by Gasteiger charge is -2.24. The summed E-state index contributed by atoms with van der Waals surface area (Å²) in [6.45, 7) is 4.25. The largest absolute Gasteiger partial charge is 0.508 e.